The monoisotopic (exact) mass is 276 g/mol. The average molecular weight is 278 g/mol. The highest BCUT2D eigenvalue weighted by Gasteiger charge is 2.26. The first-order valence-electron chi connectivity index (χ1n) is 4.35. The first-order valence-corrected chi connectivity index (χ1v) is 5.58. The molecule has 1 aromatic rings. The second-order valence-electron chi connectivity index (χ2n) is 3.17. The van der Waals surface area contributed by atoms with Crippen LogP contribution in [0.1, 0.15) is 0 Å². The molecular weight excluding hydrogens is 267 g/mol. The van der Waals surface area contributed by atoms with Crippen molar-refractivity contribution in [3.05, 3.63) is 22.8 Å². The molecule has 0 saturated carbocycles. The normalized spacial score (nSPS) is 26.4. The number of nitrogens with zero attached hydrogens (tertiary/aromatic N) is 1. The Kier molecular flexibility index (Phi) is 3.26. The van der Waals surface area contributed by atoms with Crippen molar-refractivity contribution in [2.24, 2.45) is 0 Å². The van der Waals surface area contributed by atoms with Crippen molar-refractivity contribution in [3.8, 4) is 0 Å². The van der Waals surface area contributed by atoms with Gasteiger partial charge < -0.3 is 10.1 Å². The van der Waals surface area contributed by atoms with Crippen LogP contribution < -0.4 is 5.32 Å². The molecule has 0 amide bonds. The van der Waals surface area contributed by atoms with E-state index in [0.29, 0.717) is 13.2 Å². The molecule has 1 aliphatic heterocycles. The van der Waals surface area contributed by atoms with Crippen LogP contribution in [0.5, 0.6) is 0 Å². The summed E-state index contributed by atoms with van der Waals surface area (Å²) in [6.07, 6.45) is 1.75. The van der Waals surface area contributed by atoms with E-state index in [0.717, 1.165) is 10.3 Å². The van der Waals surface area contributed by atoms with Crippen LogP contribution in [-0.4, -0.2) is 29.6 Å². The van der Waals surface area contributed by atoms with Gasteiger partial charge in [0.25, 0.3) is 0 Å². The molecule has 1 fully saturated rings. The third kappa shape index (κ3) is 2.38. The maximum absolute atomic E-state index is 6.03. The van der Waals surface area contributed by atoms with Crippen LogP contribution in [-0.2, 0) is 4.74 Å². The SMILES string of the molecule is ClC1COCC1Nc1ccc(Br)cn1. The van der Waals surface area contributed by atoms with Crippen molar-refractivity contribution in [1.82, 2.24) is 4.98 Å². The average Bonchev–Trinajstić information content (AvgIpc) is 2.56. The molecule has 2 atom stereocenters. The van der Waals surface area contributed by atoms with Gasteiger partial charge in [0, 0.05) is 10.7 Å². The lowest BCUT2D eigenvalue weighted by molar-refractivity contribution is 0.196. The van der Waals surface area contributed by atoms with Crippen LogP contribution in [0, 0.1) is 0 Å². The van der Waals surface area contributed by atoms with Gasteiger partial charge in [-0.2, -0.15) is 0 Å². The van der Waals surface area contributed by atoms with E-state index in [2.05, 4.69) is 26.2 Å². The first kappa shape index (κ1) is 10.2. The Hall–Kier alpha value is -0.320. The summed E-state index contributed by atoms with van der Waals surface area (Å²) in [4.78, 5) is 4.20. The molecule has 3 nitrogen and oxygen atoms in total. The predicted molar refractivity (Wildman–Crippen MR) is 59.8 cm³/mol. The summed E-state index contributed by atoms with van der Waals surface area (Å²) in [5, 5.41) is 3.26. The molecule has 1 aromatic heterocycles. The number of hydrogen-bond acceptors (Lipinski definition) is 3. The van der Waals surface area contributed by atoms with Crippen molar-refractivity contribution in [3.63, 3.8) is 0 Å². The van der Waals surface area contributed by atoms with Crippen molar-refractivity contribution >= 4 is 33.3 Å². The van der Waals surface area contributed by atoms with E-state index < -0.39 is 0 Å². The Labute approximate surface area is 95.9 Å². The maximum atomic E-state index is 6.03. The molecule has 2 rings (SSSR count). The number of anilines is 1. The van der Waals surface area contributed by atoms with E-state index in [1.54, 1.807) is 6.20 Å². The summed E-state index contributed by atoms with van der Waals surface area (Å²) >= 11 is 9.36. The number of aromatic nitrogens is 1. The van der Waals surface area contributed by atoms with Crippen LogP contribution in [0.2, 0.25) is 0 Å². The molecule has 5 heteroatoms. The van der Waals surface area contributed by atoms with E-state index in [4.69, 9.17) is 16.3 Å². The van der Waals surface area contributed by atoms with Crippen LogP contribution in [0.3, 0.4) is 0 Å². The minimum Gasteiger partial charge on any atom is -0.378 e. The van der Waals surface area contributed by atoms with Crippen molar-refractivity contribution in [2.75, 3.05) is 18.5 Å². The summed E-state index contributed by atoms with van der Waals surface area (Å²) < 4.78 is 6.20. The highest BCUT2D eigenvalue weighted by Crippen LogP contribution is 2.17. The molecule has 0 radical (unpaired) electrons. The highest BCUT2D eigenvalue weighted by atomic mass is 79.9. The van der Waals surface area contributed by atoms with Crippen LogP contribution in [0.4, 0.5) is 5.82 Å². The van der Waals surface area contributed by atoms with Crippen LogP contribution in [0.15, 0.2) is 22.8 Å². The van der Waals surface area contributed by atoms with Gasteiger partial charge >= 0.3 is 0 Å². The van der Waals surface area contributed by atoms with Crippen LogP contribution in [0.25, 0.3) is 0 Å². The molecule has 0 aromatic carbocycles. The number of ether oxygens (including phenoxy) is 1. The fourth-order valence-corrected chi connectivity index (χ4v) is 1.77. The molecular formula is C9H10BrClN2O. The number of nitrogens with one attached hydrogen (secondary N) is 1. The third-order valence-electron chi connectivity index (χ3n) is 2.07. The van der Waals surface area contributed by atoms with E-state index >= 15 is 0 Å². The summed E-state index contributed by atoms with van der Waals surface area (Å²) in [5.41, 5.74) is 0. The number of rotatable bonds is 2. The molecule has 14 heavy (non-hydrogen) atoms. The second-order valence-corrected chi connectivity index (χ2v) is 4.64. The topological polar surface area (TPSA) is 34.1 Å². The van der Waals surface area contributed by atoms with Crippen LogP contribution >= 0.6 is 27.5 Å². The zero-order valence-corrected chi connectivity index (χ0v) is 9.75. The molecule has 1 N–H and O–H groups in total. The lowest BCUT2D eigenvalue weighted by Gasteiger charge is -2.14. The van der Waals surface area contributed by atoms with E-state index in [9.17, 15) is 0 Å². The first-order chi connectivity index (χ1) is 6.75. The summed E-state index contributed by atoms with van der Waals surface area (Å²) in [5.74, 6) is 0.828. The Bertz CT molecular complexity index is 306. The lowest BCUT2D eigenvalue weighted by atomic mass is 10.2. The molecule has 0 bridgehead atoms. The fourth-order valence-electron chi connectivity index (χ4n) is 1.31. The summed E-state index contributed by atoms with van der Waals surface area (Å²) in [7, 11) is 0. The Morgan fingerprint density at radius 1 is 1.50 bits per heavy atom. The quantitative estimate of drug-likeness (QED) is 0.842. The number of alkyl halides is 1. The van der Waals surface area contributed by atoms with Gasteiger partial charge in [-0.25, -0.2) is 4.98 Å². The maximum Gasteiger partial charge on any atom is 0.126 e. The second kappa shape index (κ2) is 4.47. The zero-order chi connectivity index (χ0) is 9.97. The van der Waals surface area contributed by atoms with Gasteiger partial charge in [0.1, 0.15) is 5.82 Å². The van der Waals surface area contributed by atoms with Crippen molar-refractivity contribution in [2.45, 2.75) is 11.4 Å². The smallest absolute Gasteiger partial charge is 0.126 e. The third-order valence-corrected chi connectivity index (χ3v) is 2.97. The van der Waals surface area contributed by atoms with Gasteiger partial charge in [-0.15, -0.1) is 11.6 Å². The molecule has 76 valence electrons. The molecule has 0 spiro atoms. The number of hydrogen-bond donors (Lipinski definition) is 1. The minimum atomic E-state index is 0.0282. The van der Waals surface area contributed by atoms with Crippen molar-refractivity contribution < 1.29 is 4.74 Å². The van der Waals surface area contributed by atoms with E-state index in [-0.39, 0.29) is 11.4 Å². The predicted octanol–water partition coefficient (Wildman–Crippen LogP) is 2.26. The molecule has 1 aliphatic rings. The molecule has 0 aliphatic carbocycles. The van der Waals surface area contributed by atoms with Gasteiger partial charge in [-0.05, 0) is 28.1 Å². The minimum absolute atomic E-state index is 0.0282. The van der Waals surface area contributed by atoms with Gasteiger partial charge in [0.15, 0.2) is 0 Å². The van der Waals surface area contributed by atoms with E-state index in [1.807, 2.05) is 12.1 Å². The van der Waals surface area contributed by atoms with Gasteiger partial charge in [-0.1, -0.05) is 0 Å². The molecule has 2 unspecified atom stereocenters. The largest absolute Gasteiger partial charge is 0.378 e. The fraction of sp³-hybridized carbons (Fsp3) is 0.444. The molecule has 2 heterocycles. The summed E-state index contributed by atoms with van der Waals surface area (Å²) in [6, 6.07) is 4.01. The number of pyridine rings is 1. The van der Waals surface area contributed by atoms with Gasteiger partial charge in [0.2, 0.25) is 0 Å². The van der Waals surface area contributed by atoms with Gasteiger partial charge in [-0.3, -0.25) is 0 Å². The lowest BCUT2D eigenvalue weighted by Crippen LogP contribution is -2.28. The Morgan fingerprint density at radius 3 is 2.93 bits per heavy atom. The highest BCUT2D eigenvalue weighted by molar-refractivity contribution is 9.10. The number of halogens is 2. The standard InChI is InChI=1S/C9H10BrClN2O/c10-6-1-2-9(12-3-6)13-8-5-14-4-7(8)11/h1-3,7-8H,4-5H2,(H,12,13). The Balaban J connectivity index is 2.00. The Morgan fingerprint density at radius 2 is 2.36 bits per heavy atom. The van der Waals surface area contributed by atoms with E-state index in [1.165, 1.54) is 0 Å². The van der Waals surface area contributed by atoms with Crippen molar-refractivity contribution in [1.29, 1.82) is 0 Å². The summed E-state index contributed by atoms with van der Waals surface area (Å²) in [6.45, 7) is 1.25. The van der Waals surface area contributed by atoms with Gasteiger partial charge in [0.05, 0.1) is 24.6 Å². The zero-order valence-electron chi connectivity index (χ0n) is 7.41. The molecule has 1 saturated heterocycles.